The molecule has 0 unspecified atom stereocenters. The summed E-state index contributed by atoms with van der Waals surface area (Å²) < 4.78 is 11.3. The second kappa shape index (κ2) is 6.41. The number of thioether (sulfide) groups is 1. The van der Waals surface area contributed by atoms with Crippen LogP contribution in [0.1, 0.15) is 27.7 Å². The second-order valence-electron chi connectivity index (χ2n) is 4.14. The third kappa shape index (κ3) is 4.58. The van der Waals surface area contributed by atoms with Crippen molar-refractivity contribution in [1.82, 2.24) is 0 Å². The summed E-state index contributed by atoms with van der Waals surface area (Å²) in [5, 5.41) is 10.7. The molecule has 0 saturated heterocycles. The SMILES string of the molecule is CC(C)Oc1ccc(SC#N)cc1OC(C)C. The van der Waals surface area contributed by atoms with E-state index in [4.69, 9.17) is 14.7 Å². The highest BCUT2D eigenvalue weighted by molar-refractivity contribution is 8.03. The maximum absolute atomic E-state index is 8.65. The van der Waals surface area contributed by atoms with Crippen molar-refractivity contribution in [1.29, 1.82) is 5.26 Å². The number of hydrogen-bond donors (Lipinski definition) is 0. The summed E-state index contributed by atoms with van der Waals surface area (Å²) in [4.78, 5) is 0.860. The summed E-state index contributed by atoms with van der Waals surface area (Å²) in [5.41, 5.74) is 0. The van der Waals surface area contributed by atoms with E-state index < -0.39 is 0 Å². The van der Waals surface area contributed by atoms with Crippen LogP contribution in [0.25, 0.3) is 0 Å². The Hall–Kier alpha value is -1.34. The fourth-order valence-corrected chi connectivity index (χ4v) is 1.71. The third-order valence-corrected chi connectivity index (χ3v) is 2.38. The Morgan fingerprint density at radius 3 is 2.18 bits per heavy atom. The predicted molar refractivity (Wildman–Crippen MR) is 69.4 cm³/mol. The molecule has 0 aliphatic carbocycles. The lowest BCUT2D eigenvalue weighted by molar-refractivity contribution is 0.198. The van der Waals surface area contributed by atoms with Gasteiger partial charge in [0.1, 0.15) is 5.40 Å². The van der Waals surface area contributed by atoms with Gasteiger partial charge in [-0.15, -0.1) is 0 Å². The van der Waals surface area contributed by atoms with Gasteiger partial charge in [-0.3, -0.25) is 0 Å². The van der Waals surface area contributed by atoms with Crippen LogP contribution in [0.4, 0.5) is 0 Å². The topological polar surface area (TPSA) is 42.2 Å². The van der Waals surface area contributed by atoms with Crippen molar-refractivity contribution < 1.29 is 9.47 Å². The number of rotatable bonds is 5. The summed E-state index contributed by atoms with van der Waals surface area (Å²) in [6, 6.07) is 5.54. The molecule has 92 valence electrons. The second-order valence-corrected chi connectivity index (χ2v) is 4.99. The molecule has 17 heavy (non-hydrogen) atoms. The lowest BCUT2D eigenvalue weighted by atomic mass is 10.3. The molecule has 0 spiro atoms. The van der Waals surface area contributed by atoms with Gasteiger partial charge < -0.3 is 9.47 Å². The van der Waals surface area contributed by atoms with E-state index in [1.54, 1.807) is 0 Å². The van der Waals surface area contributed by atoms with E-state index in [2.05, 4.69) is 0 Å². The fraction of sp³-hybridized carbons (Fsp3) is 0.462. The Bertz CT molecular complexity index is 410. The largest absolute Gasteiger partial charge is 0.487 e. The zero-order chi connectivity index (χ0) is 12.8. The molecule has 0 aliphatic heterocycles. The average Bonchev–Trinajstić information content (AvgIpc) is 2.21. The lowest BCUT2D eigenvalue weighted by Crippen LogP contribution is -2.10. The Kier molecular flexibility index (Phi) is 5.17. The van der Waals surface area contributed by atoms with Crippen LogP contribution in [0, 0.1) is 10.7 Å². The van der Waals surface area contributed by atoms with Gasteiger partial charge in [0, 0.05) is 4.90 Å². The molecular formula is C13H17NO2S. The number of benzene rings is 1. The van der Waals surface area contributed by atoms with E-state index in [-0.39, 0.29) is 12.2 Å². The van der Waals surface area contributed by atoms with E-state index in [0.717, 1.165) is 22.4 Å². The Labute approximate surface area is 107 Å². The fourth-order valence-electron chi connectivity index (χ4n) is 1.30. The van der Waals surface area contributed by atoms with Crippen molar-refractivity contribution in [3.8, 4) is 16.9 Å². The van der Waals surface area contributed by atoms with Crippen LogP contribution >= 0.6 is 11.8 Å². The minimum Gasteiger partial charge on any atom is -0.487 e. The van der Waals surface area contributed by atoms with Crippen molar-refractivity contribution in [2.45, 2.75) is 44.8 Å². The zero-order valence-electron chi connectivity index (χ0n) is 10.6. The Morgan fingerprint density at radius 1 is 1.06 bits per heavy atom. The van der Waals surface area contributed by atoms with Crippen LogP contribution < -0.4 is 9.47 Å². The highest BCUT2D eigenvalue weighted by Gasteiger charge is 2.10. The van der Waals surface area contributed by atoms with Crippen molar-refractivity contribution in [2.24, 2.45) is 0 Å². The molecule has 1 aromatic rings. The van der Waals surface area contributed by atoms with Crippen molar-refractivity contribution >= 4 is 11.8 Å². The molecule has 1 rings (SSSR count). The van der Waals surface area contributed by atoms with Crippen LogP contribution in [0.5, 0.6) is 11.5 Å². The van der Waals surface area contributed by atoms with E-state index in [1.165, 1.54) is 0 Å². The lowest BCUT2D eigenvalue weighted by Gasteiger charge is -2.17. The molecule has 0 N–H and O–H groups in total. The molecule has 0 radical (unpaired) electrons. The van der Waals surface area contributed by atoms with Gasteiger partial charge >= 0.3 is 0 Å². The van der Waals surface area contributed by atoms with Gasteiger partial charge in [0.2, 0.25) is 0 Å². The smallest absolute Gasteiger partial charge is 0.162 e. The van der Waals surface area contributed by atoms with Gasteiger partial charge in [-0.1, -0.05) is 0 Å². The molecule has 0 heterocycles. The molecule has 0 saturated carbocycles. The number of nitrogens with zero attached hydrogens (tertiary/aromatic N) is 1. The highest BCUT2D eigenvalue weighted by Crippen LogP contribution is 2.33. The van der Waals surface area contributed by atoms with Crippen LogP contribution in [-0.4, -0.2) is 12.2 Å². The van der Waals surface area contributed by atoms with E-state index in [0.29, 0.717) is 5.75 Å². The van der Waals surface area contributed by atoms with Crippen molar-refractivity contribution in [3.63, 3.8) is 0 Å². The van der Waals surface area contributed by atoms with Crippen LogP contribution in [0.2, 0.25) is 0 Å². The Balaban J connectivity index is 2.99. The van der Waals surface area contributed by atoms with Crippen LogP contribution in [0.15, 0.2) is 23.1 Å². The standard InChI is InChI=1S/C13H17NO2S/c1-9(2)15-12-6-5-11(17-8-14)7-13(12)16-10(3)4/h5-7,9-10H,1-4H3. The first-order chi connectivity index (χ1) is 8.02. The minimum absolute atomic E-state index is 0.0758. The van der Waals surface area contributed by atoms with Gasteiger partial charge in [-0.2, -0.15) is 5.26 Å². The predicted octanol–water partition coefficient (Wildman–Crippen LogP) is 3.83. The normalized spacial score (nSPS) is 10.4. The summed E-state index contributed by atoms with van der Waals surface area (Å²) in [7, 11) is 0. The molecule has 0 amide bonds. The number of ether oxygens (including phenoxy) is 2. The molecule has 0 aliphatic rings. The molecule has 0 fully saturated rings. The molecule has 0 atom stereocenters. The average molecular weight is 251 g/mol. The number of thiocyanates is 1. The minimum atomic E-state index is 0.0758. The third-order valence-electron chi connectivity index (χ3n) is 1.80. The maximum Gasteiger partial charge on any atom is 0.162 e. The van der Waals surface area contributed by atoms with E-state index in [1.807, 2.05) is 51.3 Å². The molecule has 0 aromatic heterocycles. The van der Waals surface area contributed by atoms with Crippen LogP contribution in [-0.2, 0) is 0 Å². The van der Waals surface area contributed by atoms with E-state index >= 15 is 0 Å². The summed E-state index contributed by atoms with van der Waals surface area (Å²) >= 11 is 1.11. The summed E-state index contributed by atoms with van der Waals surface area (Å²) in [5.74, 6) is 1.41. The first-order valence-electron chi connectivity index (χ1n) is 5.56. The number of hydrogen-bond acceptors (Lipinski definition) is 4. The van der Waals surface area contributed by atoms with Crippen molar-refractivity contribution in [3.05, 3.63) is 18.2 Å². The van der Waals surface area contributed by atoms with Gasteiger partial charge in [0.25, 0.3) is 0 Å². The molecule has 4 heteroatoms. The molecule has 0 bridgehead atoms. The summed E-state index contributed by atoms with van der Waals surface area (Å²) in [6.45, 7) is 7.86. The quantitative estimate of drug-likeness (QED) is 0.589. The summed E-state index contributed by atoms with van der Waals surface area (Å²) in [6.07, 6.45) is 0.172. The van der Waals surface area contributed by atoms with Gasteiger partial charge in [0.05, 0.1) is 12.2 Å². The van der Waals surface area contributed by atoms with Gasteiger partial charge in [-0.05, 0) is 57.7 Å². The highest BCUT2D eigenvalue weighted by atomic mass is 32.2. The zero-order valence-corrected chi connectivity index (χ0v) is 11.4. The molecule has 3 nitrogen and oxygen atoms in total. The molecule has 1 aromatic carbocycles. The molecular weight excluding hydrogens is 234 g/mol. The first kappa shape index (κ1) is 13.7. The van der Waals surface area contributed by atoms with Gasteiger partial charge in [0.15, 0.2) is 11.5 Å². The van der Waals surface area contributed by atoms with E-state index in [9.17, 15) is 0 Å². The first-order valence-corrected chi connectivity index (χ1v) is 6.38. The maximum atomic E-state index is 8.65. The van der Waals surface area contributed by atoms with Gasteiger partial charge in [-0.25, -0.2) is 0 Å². The van der Waals surface area contributed by atoms with Crippen LogP contribution in [0.3, 0.4) is 0 Å². The number of nitriles is 1. The Morgan fingerprint density at radius 2 is 1.65 bits per heavy atom. The monoisotopic (exact) mass is 251 g/mol. The van der Waals surface area contributed by atoms with Crippen molar-refractivity contribution in [2.75, 3.05) is 0 Å².